The zero-order chi connectivity index (χ0) is 14.8. The molecular formula is C15H20F3NS. The minimum atomic E-state index is -4.26. The lowest BCUT2D eigenvalue weighted by Crippen LogP contribution is -2.45. The van der Waals surface area contributed by atoms with Gasteiger partial charge in [-0.15, -0.1) is 0 Å². The van der Waals surface area contributed by atoms with E-state index in [0.29, 0.717) is 0 Å². The molecule has 1 aliphatic heterocycles. The molecule has 1 heterocycles. The SMILES string of the molecule is CNC(Cc1ccc(C(F)(F)F)cc1)C1(C)CCCS1. The maximum absolute atomic E-state index is 12.5. The second-order valence-electron chi connectivity index (χ2n) is 5.50. The van der Waals surface area contributed by atoms with Gasteiger partial charge in [-0.05, 0) is 56.7 Å². The average Bonchev–Trinajstić information content (AvgIpc) is 2.83. The Morgan fingerprint density at radius 2 is 1.95 bits per heavy atom. The predicted octanol–water partition coefficient (Wildman–Crippen LogP) is 4.12. The molecule has 2 rings (SSSR count). The van der Waals surface area contributed by atoms with Gasteiger partial charge >= 0.3 is 6.18 Å². The molecule has 112 valence electrons. The van der Waals surface area contributed by atoms with Gasteiger partial charge in [0.25, 0.3) is 0 Å². The van der Waals surface area contributed by atoms with E-state index >= 15 is 0 Å². The molecule has 0 radical (unpaired) electrons. The predicted molar refractivity (Wildman–Crippen MR) is 78.1 cm³/mol. The Kier molecular flexibility index (Phi) is 4.69. The van der Waals surface area contributed by atoms with Gasteiger partial charge in [0, 0.05) is 10.8 Å². The normalized spacial score (nSPS) is 24.9. The molecule has 1 N–H and O–H groups in total. The zero-order valence-corrected chi connectivity index (χ0v) is 12.6. The molecule has 5 heteroatoms. The molecule has 1 aliphatic rings. The first kappa shape index (κ1) is 15.7. The van der Waals surface area contributed by atoms with E-state index in [-0.39, 0.29) is 10.8 Å². The van der Waals surface area contributed by atoms with Gasteiger partial charge < -0.3 is 5.32 Å². The van der Waals surface area contributed by atoms with Crippen LogP contribution in [-0.2, 0) is 12.6 Å². The lowest BCUT2D eigenvalue weighted by molar-refractivity contribution is -0.137. The third kappa shape index (κ3) is 3.50. The van der Waals surface area contributed by atoms with Gasteiger partial charge in [0.2, 0.25) is 0 Å². The molecule has 1 aromatic rings. The fourth-order valence-corrected chi connectivity index (χ4v) is 4.21. The van der Waals surface area contributed by atoms with Crippen LogP contribution in [0.1, 0.15) is 30.9 Å². The van der Waals surface area contributed by atoms with Crippen LogP contribution in [0.5, 0.6) is 0 Å². The maximum Gasteiger partial charge on any atom is 0.416 e. The third-order valence-electron chi connectivity index (χ3n) is 4.06. The number of nitrogens with one attached hydrogen (secondary N) is 1. The van der Waals surface area contributed by atoms with Crippen LogP contribution in [0.25, 0.3) is 0 Å². The van der Waals surface area contributed by atoms with E-state index in [4.69, 9.17) is 0 Å². The number of likely N-dealkylation sites (N-methyl/N-ethyl adjacent to an activating group) is 1. The molecule has 1 fully saturated rings. The quantitative estimate of drug-likeness (QED) is 0.898. The van der Waals surface area contributed by atoms with Crippen molar-refractivity contribution in [2.24, 2.45) is 0 Å². The van der Waals surface area contributed by atoms with E-state index in [1.165, 1.54) is 24.3 Å². The molecule has 0 spiro atoms. The topological polar surface area (TPSA) is 12.0 Å². The highest BCUT2D eigenvalue weighted by atomic mass is 32.2. The summed E-state index contributed by atoms with van der Waals surface area (Å²) in [6.45, 7) is 2.25. The van der Waals surface area contributed by atoms with Crippen molar-refractivity contribution in [1.82, 2.24) is 5.32 Å². The fraction of sp³-hybridized carbons (Fsp3) is 0.600. The van der Waals surface area contributed by atoms with Crippen LogP contribution in [0.3, 0.4) is 0 Å². The summed E-state index contributed by atoms with van der Waals surface area (Å²) in [7, 11) is 1.93. The smallest absolute Gasteiger partial charge is 0.315 e. The van der Waals surface area contributed by atoms with Gasteiger partial charge in [0.15, 0.2) is 0 Å². The first-order chi connectivity index (χ1) is 9.35. The number of hydrogen-bond donors (Lipinski definition) is 1. The Labute approximate surface area is 122 Å². The van der Waals surface area contributed by atoms with Crippen LogP contribution in [0.2, 0.25) is 0 Å². The standard InChI is InChI=1S/C15H20F3NS/c1-14(8-3-9-20-14)13(19-2)10-11-4-6-12(7-5-11)15(16,17)18/h4-7,13,19H,3,8-10H2,1-2H3. The van der Waals surface area contributed by atoms with Crippen LogP contribution in [0.15, 0.2) is 24.3 Å². The summed E-state index contributed by atoms with van der Waals surface area (Å²) >= 11 is 1.96. The number of rotatable bonds is 4. The summed E-state index contributed by atoms with van der Waals surface area (Å²) in [6, 6.07) is 5.82. The first-order valence-electron chi connectivity index (χ1n) is 6.82. The van der Waals surface area contributed by atoms with Gasteiger partial charge in [-0.1, -0.05) is 12.1 Å². The van der Waals surface area contributed by atoms with Gasteiger partial charge in [-0.3, -0.25) is 0 Å². The minimum absolute atomic E-state index is 0.178. The van der Waals surface area contributed by atoms with E-state index < -0.39 is 11.7 Å². The Balaban J connectivity index is 2.08. The van der Waals surface area contributed by atoms with E-state index in [9.17, 15) is 13.2 Å². The van der Waals surface area contributed by atoms with Crippen LogP contribution in [0.4, 0.5) is 13.2 Å². The van der Waals surface area contributed by atoms with Crippen molar-refractivity contribution in [3.63, 3.8) is 0 Å². The van der Waals surface area contributed by atoms with Crippen molar-refractivity contribution >= 4 is 11.8 Å². The number of halogens is 3. The van der Waals surface area contributed by atoms with Crippen molar-refractivity contribution in [3.05, 3.63) is 35.4 Å². The van der Waals surface area contributed by atoms with Crippen molar-refractivity contribution in [2.45, 2.75) is 43.2 Å². The summed E-state index contributed by atoms with van der Waals surface area (Å²) in [5.74, 6) is 1.17. The number of thioether (sulfide) groups is 1. The Morgan fingerprint density at radius 3 is 2.40 bits per heavy atom. The fourth-order valence-electron chi connectivity index (χ4n) is 2.76. The van der Waals surface area contributed by atoms with E-state index in [0.717, 1.165) is 18.4 Å². The van der Waals surface area contributed by atoms with E-state index in [1.54, 1.807) is 12.1 Å². The van der Waals surface area contributed by atoms with Crippen LogP contribution < -0.4 is 5.32 Å². The number of hydrogen-bond acceptors (Lipinski definition) is 2. The molecule has 0 bridgehead atoms. The number of benzene rings is 1. The van der Waals surface area contributed by atoms with Crippen molar-refractivity contribution in [3.8, 4) is 0 Å². The molecular weight excluding hydrogens is 283 g/mol. The highest BCUT2D eigenvalue weighted by Gasteiger charge is 2.37. The lowest BCUT2D eigenvalue weighted by Gasteiger charge is -2.33. The van der Waals surface area contributed by atoms with Crippen molar-refractivity contribution in [2.75, 3.05) is 12.8 Å². The largest absolute Gasteiger partial charge is 0.416 e. The average molecular weight is 303 g/mol. The first-order valence-corrected chi connectivity index (χ1v) is 7.81. The van der Waals surface area contributed by atoms with Crippen LogP contribution in [0, 0.1) is 0 Å². The summed E-state index contributed by atoms with van der Waals surface area (Å²) in [5.41, 5.74) is 0.370. The van der Waals surface area contributed by atoms with Gasteiger partial charge in [0.1, 0.15) is 0 Å². The van der Waals surface area contributed by atoms with Gasteiger partial charge in [0.05, 0.1) is 5.56 Å². The molecule has 0 amide bonds. The van der Waals surface area contributed by atoms with Crippen LogP contribution in [-0.4, -0.2) is 23.6 Å². The molecule has 1 nitrogen and oxygen atoms in total. The summed E-state index contributed by atoms with van der Waals surface area (Å²) in [5, 5.41) is 3.33. The molecule has 1 saturated heterocycles. The molecule has 0 saturated carbocycles. The second kappa shape index (κ2) is 5.98. The Bertz CT molecular complexity index is 435. The van der Waals surface area contributed by atoms with Gasteiger partial charge in [-0.25, -0.2) is 0 Å². The molecule has 0 aromatic heterocycles. The van der Waals surface area contributed by atoms with Crippen LogP contribution >= 0.6 is 11.8 Å². The highest BCUT2D eigenvalue weighted by Crippen LogP contribution is 2.41. The third-order valence-corrected chi connectivity index (χ3v) is 5.70. The van der Waals surface area contributed by atoms with Crippen molar-refractivity contribution in [1.29, 1.82) is 0 Å². The Morgan fingerprint density at radius 1 is 1.30 bits per heavy atom. The summed E-state index contributed by atoms with van der Waals surface area (Å²) < 4.78 is 37.8. The summed E-state index contributed by atoms with van der Waals surface area (Å²) in [4.78, 5) is 0. The minimum Gasteiger partial charge on any atom is -0.315 e. The second-order valence-corrected chi connectivity index (χ2v) is 7.13. The van der Waals surface area contributed by atoms with Gasteiger partial charge in [-0.2, -0.15) is 24.9 Å². The molecule has 1 aromatic carbocycles. The lowest BCUT2D eigenvalue weighted by atomic mass is 9.90. The van der Waals surface area contributed by atoms with E-state index in [2.05, 4.69) is 12.2 Å². The highest BCUT2D eigenvalue weighted by molar-refractivity contribution is 8.00. The van der Waals surface area contributed by atoms with E-state index in [1.807, 2.05) is 18.8 Å². The molecule has 0 aliphatic carbocycles. The monoisotopic (exact) mass is 303 g/mol. The molecule has 2 atom stereocenters. The summed E-state index contributed by atoms with van der Waals surface area (Å²) in [6.07, 6.45) is -1.12. The number of alkyl halides is 3. The Hall–Kier alpha value is -0.680. The maximum atomic E-state index is 12.5. The molecule has 20 heavy (non-hydrogen) atoms. The molecule has 2 unspecified atom stereocenters. The zero-order valence-electron chi connectivity index (χ0n) is 11.8. The van der Waals surface area contributed by atoms with Crippen molar-refractivity contribution < 1.29 is 13.2 Å².